The maximum atomic E-state index is 12.2. The SMILES string of the molecule is C#Cc1cc(C#C)cc(NC(=O)/C(C=C)=C(/C=C)C(=O)O)c1. The van der Waals surface area contributed by atoms with Crippen LogP contribution < -0.4 is 5.32 Å². The lowest BCUT2D eigenvalue weighted by atomic mass is 10.1. The van der Waals surface area contributed by atoms with Gasteiger partial charge in [-0.3, -0.25) is 4.79 Å². The van der Waals surface area contributed by atoms with Crippen molar-refractivity contribution >= 4 is 17.6 Å². The minimum absolute atomic E-state index is 0.115. The summed E-state index contributed by atoms with van der Waals surface area (Å²) in [7, 11) is 0. The number of hydrogen-bond acceptors (Lipinski definition) is 2. The van der Waals surface area contributed by atoms with Crippen molar-refractivity contribution in [1.82, 2.24) is 0 Å². The van der Waals surface area contributed by atoms with E-state index in [1.54, 1.807) is 18.2 Å². The van der Waals surface area contributed by atoms with Gasteiger partial charge in [0.05, 0.1) is 11.1 Å². The number of carbonyl (C=O) groups is 2. The van der Waals surface area contributed by atoms with Crippen LogP contribution in [-0.2, 0) is 9.59 Å². The molecule has 0 fully saturated rings. The van der Waals surface area contributed by atoms with Gasteiger partial charge in [0.25, 0.3) is 5.91 Å². The molecule has 0 saturated carbocycles. The number of benzene rings is 1. The first-order valence-corrected chi connectivity index (χ1v) is 6.09. The predicted molar refractivity (Wildman–Crippen MR) is 86.0 cm³/mol. The maximum absolute atomic E-state index is 12.2. The van der Waals surface area contributed by atoms with E-state index < -0.39 is 11.9 Å². The minimum atomic E-state index is -1.28. The highest BCUT2D eigenvalue weighted by Gasteiger charge is 2.16. The number of nitrogens with one attached hydrogen (secondary N) is 1. The van der Waals surface area contributed by atoms with Crippen LogP contribution in [0.25, 0.3) is 0 Å². The molecule has 1 rings (SSSR count). The number of carboxylic acids is 1. The Morgan fingerprint density at radius 1 is 1.05 bits per heavy atom. The van der Waals surface area contributed by atoms with Gasteiger partial charge in [0.2, 0.25) is 0 Å². The number of rotatable bonds is 5. The fourth-order valence-corrected chi connectivity index (χ4v) is 1.70. The van der Waals surface area contributed by atoms with E-state index in [1.165, 1.54) is 0 Å². The number of terminal acetylenes is 2. The smallest absolute Gasteiger partial charge is 0.336 e. The van der Waals surface area contributed by atoms with E-state index in [2.05, 4.69) is 30.3 Å². The zero-order valence-electron chi connectivity index (χ0n) is 11.7. The zero-order chi connectivity index (χ0) is 16.7. The molecule has 108 valence electrons. The maximum Gasteiger partial charge on any atom is 0.336 e. The molecule has 22 heavy (non-hydrogen) atoms. The number of amides is 1. The summed E-state index contributed by atoms with van der Waals surface area (Å²) in [5.74, 6) is 2.92. The molecule has 0 bridgehead atoms. The third-order valence-electron chi connectivity index (χ3n) is 2.70. The monoisotopic (exact) mass is 291 g/mol. The van der Waals surface area contributed by atoms with Gasteiger partial charge in [0.15, 0.2) is 0 Å². The van der Waals surface area contributed by atoms with Crippen molar-refractivity contribution in [3.05, 3.63) is 65.8 Å². The zero-order valence-corrected chi connectivity index (χ0v) is 11.7. The Morgan fingerprint density at radius 2 is 1.55 bits per heavy atom. The number of aliphatic carboxylic acids is 1. The molecule has 2 N–H and O–H groups in total. The van der Waals surface area contributed by atoms with Gasteiger partial charge >= 0.3 is 5.97 Å². The van der Waals surface area contributed by atoms with E-state index in [0.29, 0.717) is 16.8 Å². The number of anilines is 1. The molecular formula is C18H13NO3. The standard InChI is InChI=1S/C18H13NO3/c1-5-12-9-13(6-2)11-14(10-12)19-17(20)15(7-3)16(8-4)18(21)22/h1-2,7-11H,3-4H2,(H,19,20)(H,21,22)/b16-15-. The van der Waals surface area contributed by atoms with Gasteiger partial charge in [-0.1, -0.05) is 37.2 Å². The van der Waals surface area contributed by atoms with Crippen LogP contribution in [0.2, 0.25) is 0 Å². The summed E-state index contributed by atoms with van der Waals surface area (Å²) in [6, 6.07) is 4.72. The highest BCUT2D eigenvalue weighted by molar-refractivity contribution is 6.11. The minimum Gasteiger partial charge on any atom is -0.478 e. The average Bonchev–Trinajstić information content (AvgIpc) is 2.51. The molecule has 4 heteroatoms. The summed E-state index contributed by atoms with van der Waals surface area (Å²) in [5.41, 5.74) is 0.990. The van der Waals surface area contributed by atoms with Crippen molar-refractivity contribution in [3.63, 3.8) is 0 Å². The Labute approximate surface area is 128 Å². The second-order valence-corrected chi connectivity index (χ2v) is 4.08. The van der Waals surface area contributed by atoms with E-state index in [0.717, 1.165) is 12.2 Å². The molecular weight excluding hydrogens is 278 g/mol. The number of hydrogen-bond donors (Lipinski definition) is 2. The first kappa shape index (κ1) is 16.6. The second kappa shape index (κ2) is 7.33. The lowest BCUT2D eigenvalue weighted by molar-refractivity contribution is -0.132. The Morgan fingerprint density at radius 3 is 1.91 bits per heavy atom. The van der Waals surface area contributed by atoms with Crippen LogP contribution in [0, 0.1) is 24.7 Å². The molecule has 1 aromatic carbocycles. The first-order chi connectivity index (χ1) is 10.5. The summed E-state index contributed by atoms with van der Waals surface area (Å²) < 4.78 is 0. The average molecular weight is 291 g/mol. The number of carboxylic acid groups (broad SMARTS) is 1. The molecule has 1 amide bonds. The summed E-state index contributed by atoms with van der Waals surface area (Å²) in [6.45, 7) is 6.82. The van der Waals surface area contributed by atoms with Gasteiger partial charge in [0, 0.05) is 16.8 Å². The van der Waals surface area contributed by atoms with E-state index in [4.69, 9.17) is 18.0 Å². The lowest BCUT2D eigenvalue weighted by Gasteiger charge is -2.09. The molecule has 0 aliphatic heterocycles. The van der Waals surface area contributed by atoms with Crippen LogP contribution in [-0.4, -0.2) is 17.0 Å². The molecule has 0 radical (unpaired) electrons. The Hall–Kier alpha value is -3.50. The highest BCUT2D eigenvalue weighted by atomic mass is 16.4. The van der Waals surface area contributed by atoms with Crippen molar-refractivity contribution in [2.75, 3.05) is 5.32 Å². The number of carbonyl (C=O) groups excluding carboxylic acids is 1. The van der Waals surface area contributed by atoms with E-state index in [-0.39, 0.29) is 11.1 Å². The summed E-state index contributed by atoms with van der Waals surface area (Å²) in [6.07, 6.45) is 12.9. The van der Waals surface area contributed by atoms with E-state index in [1.807, 2.05) is 0 Å². The lowest BCUT2D eigenvalue weighted by Crippen LogP contribution is -2.17. The van der Waals surface area contributed by atoms with E-state index in [9.17, 15) is 9.59 Å². The van der Waals surface area contributed by atoms with Gasteiger partial charge in [-0.2, -0.15) is 0 Å². The third kappa shape index (κ3) is 3.75. The summed E-state index contributed by atoms with van der Waals surface area (Å²) in [5, 5.41) is 11.6. The molecule has 0 aromatic heterocycles. The quantitative estimate of drug-likeness (QED) is 0.497. The topological polar surface area (TPSA) is 66.4 Å². The van der Waals surface area contributed by atoms with Crippen molar-refractivity contribution < 1.29 is 14.7 Å². The van der Waals surface area contributed by atoms with Crippen molar-refractivity contribution in [1.29, 1.82) is 0 Å². The van der Waals surface area contributed by atoms with Crippen molar-refractivity contribution in [2.24, 2.45) is 0 Å². The summed E-state index contributed by atoms with van der Waals surface area (Å²) in [4.78, 5) is 23.3. The third-order valence-corrected chi connectivity index (χ3v) is 2.70. The fourth-order valence-electron chi connectivity index (χ4n) is 1.70. The van der Waals surface area contributed by atoms with Crippen molar-refractivity contribution in [2.45, 2.75) is 0 Å². The fraction of sp³-hybridized carbons (Fsp3) is 0. The second-order valence-electron chi connectivity index (χ2n) is 4.08. The molecule has 0 aliphatic rings. The molecule has 0 spiro atoms. The molecule has 0 heterocycles. The largest absolute Gasteiger partial charge is 0.478 e. The highest BCUT2D eigenvalue weighted by Crippen LogP contribution is 2.17. The Balaban J connectivity index is 3.25. The van der Waals surface area contributed by atoms with E-state index >= 15 is 0 Å². The molecule has 0 unspecified atom stereocenters. The van der Waals surface area contributed by atoms with Crippen LogP contribution >= 0.6 is 0 Å². The Bertz CT molecular complexity index is 738. The molecule has 4 nitrogen and oxygen atoms in total. The molecule has 0 atom stereocenters. The Kier molecular flexibility index (Phi) is 5.51. The van der Waals surface area contributed by atoms with Gasteiger partial charge in [-0.25, -0.2) is 4.79 Å². The normalized spacial score (nSPS) is 10.5. The van der Waals surface area contributed by atoms with Crippen LogP contribution in [0.5, 0.6) is 0 Å². The molecule has 1 aromatic rings. The van der Waals surface area contributed by atoms with Gasteiger partial charge < -0.3 is 10.4 Å². The van der Waals surface area contributed by atoms with Gasteiger partial charge in [0.1, 0.15) is 0 Å². The summed E-state index contributed by atoms with van der Waals surface area (Å²) >= 11 is 0. The van der Waals surface area contributed by atoms with Crippen LogP contribution in [0.3, 0.4) is 0 Å². The van der Waals surface area contributed by atoms with Crippen LogP contribution in [0.4, 0.5) is 5.69 Å². The van der Waals surface area contributed by atoms with Gasteiger partial charge in [-0.05, 0) is 18.2 Å². The van der Waals surface area contributed by atoms with Crippen molar-refractivity contribution in [3.8, 4) is 24.7 Å². The van der Waals surface area contributed by atoms with Gasteiger partial charge in [-0.15, -0.1) is 12.8 Å². The van der Waals surface area contributed by atoms with Crippen LogP contribution in [0.1, 0.15) is 11.1 Å². The first-order valence-electron chi connectivity index (χ1n) is 6.09. The molecule has 0 aliphatic carbocycles. The molecule has 0 saturated heterocycles. The predicted octanol–water partition coefficient (Wildman–Crippen LogP) is 2.34. The van der Waals surface area contributed by atoms with Crippen LogP contribution in [0.15, 0.2) is 54.7 Å².